The van der Waals surface area contributed by atoms with Gasteiger partial charge < -0.3 is 4.74 Å². The number of pyridine rings is 1. The maximum Gasteiger partial charge on any atom is 0.174 e. The van der Waals surface area contributed by atoms with E-state index in [-0.39, 0.29) is 6.10 Å². The first-order valence-corrected chi connectivity index (χ1v) is 7.33. The molecule has 1 aliphatic heterocycles. The third kappa shape index (κ3) is 2.12. The van der Waals surface area contributed by atoms with Crippen LogP contribution in [-0.4, -0.2) is 6.61 Å². The van der Waals surface area contributed by atoms with Gasteiger partial charge in [-0.3, -0.25) is 0 Å². The highest BCUT2D eigenvalue weighted by Gasteiger charge is 2.44. The monoisotopic (exact) mass is 258 g/mol. The van der Waals surface area contributed by atoms with Gasteiger partial charge in [-0.25, -0.2) is 4.57 Å². The lowest BCUT2D eigenvalue weighted by atomic mass is 9.65. The number of rotatable bonds is 1. The Hall–Kier alpha value is -1.15. The van der Waals surface area contributed by atoms with Crippen molar-refractivity contribution in [3.8, 4) is 0 Å². The van der Waals surface area contributed by atoms with E-state index in [1.165, 1.54) is 11.1 Å². The molecular formula is C17H24NO+. The molecule has 1 fully saturated rings. The molecule has 0 aromatic carbocycles. The van der Waals surface area contributed by atoms with Crippen LogP contribution in [0.4, 0.5) is 0 Å². The fourth-order valence-corrected chi connectivity index (χ4v) is 4.03. The van der Waals surface area contributed by atoms with Gasteiger partial charge in [-0.15, -0.1) is 0 Å². The molecule has 2 bridgehead atoms. The molecule has 2 heterocycles. The van der Waals surface area contributed by atoms with Crippen LogP contribution >= 0.6 is 0 Å². The first-order valence-electron chi connectivity index (χ1n) is 7.33. The Bertz CT molecular complexity index is 508. The van der Waals surface area contributed by atoms with Gasteiger partial charge in [0.25, 0.3) is 0 Å². The molecule has 1 aromatic rings. The van der Waals surface area contributed by atoms with Crippen LogP contribution in [0.5, 0.6) is 0 Å². The van der Waals surface area contributed by atoms with E-state index in [0.717, 1.165) is 6.61 Å². The number of hydrogen-bond acceptors (Lipinski definition) is 1. The molecule has 2 heteroatoms. The number of nitrogens with zero attached hydrogens (tertiary/aromatic N) is 1. The second-order valence-electron chi connectivity index (χ2n) is 6.38. The predicted octanol–water partition coefficient (Wildman–Crippen LogP) is 3.05. The Balaban J connectivity index is 1.98. The van der Waals surface area contributed by atoms with Crippen LogP contribution in [0.15, 0.2) is 36.2 Å². The zero-order valence-corrected chi connectivity index (χ0v) is 12.3. The molecule has 1 aliphatic carbocycles. The second-order valence-corrected chi connectivity index (χ2v) is 6.38. The summed E-state index contributed by atoms with van der Waals surface area (Å²) < 4.78 is 8.35. The van der Waals surface area contributed by atoms with E-state index in [1.54, 1.807) is 0 Å². The SMILES string of the molecule is CC1=C[C@@H](C)[C@H]2CO[C@H](c3ccc[n+](C)c3)[C@@H]1[C@@H]2C. The van der Waals surface area contributed by atoms with E-state index in [4.69, 9.17) is 4.74 Å². The van der Waals surface area contributed by atoms with Gasteiger partial charge in [0.05, 0.1) is 12.7 Å². The maximum atomic E-state index is 6.24. The van der Waals surface area contributed by atoms with Gasteiger partial charge in [0.15, 0.2) is 12.4 Å². The Morgan fingerprint density at radius 1 is 1.32 bits per heavy atom. The minimum atomic E-state index is 0.224. The fraction of sp³-hybridized carbons (Fsp3) is 0.588. The molecule has 0 amide bonds. The van der Waals surface area contributed by atoms with Crippen molar-refractivity contribution < 1.29 is 9.30 Å². The quantitative estimate of drug-likeness (QED) is 0.557. The summed E-state index contributed by atoms with van der Waals surface area (Å²) in [6, 6.07) is 4.31. The van der Waals surface area contributed by atoms with Crippen LogP contribution in [0.1, 0.15) is 32.4 Å². The first-order chi connectivity index (χ1) is 9.08. The summed E-state index contributed by atoms with van der Waals surface area (Å²) in [5.74, 6) is 2.59. The van der Waals surface area contributed by atoms with Gasteiger partial charge in [0.2, 0.25) is 0 Å². The second kappa shape index (κ2) is 4.75. The molecule has 0 saturated carbocycles. The molecule has 3 rings (SSSR count). The highest BCUT2D eigenvalue weighted by molar-refractivity contribution is 5.22. The van der Waals surface area contributed by atoms with Crippen molar-refractivity contribution in [2.45, 2.75) is 26.9 Å². The standard InChI is InChI=1S/C17H24NO/c1-11-8-12(2)16-13(3)15(11)10-19-17(16)14-6-5-7-18(4)9-14/h5-9,11,13,15-17H,10H2,1-4H3/q+1/t11-,13-,15-,16+,17-/m1/s1. The molecule has 2 aliphatic rings. The van der Waals surface area contributed by atoms with Gasteiger partial charge in [-0.05, 0) is 30.7 Å². The van der Waals surface area contributed by atoms with Crippen molar-refractivity contribution in [1.29, 1.82) is 0 Å². The summed E-state index contributed by atoms with van der Waals surface area (Å²) in [6.07, 6.45) is 6.96. The zero-order chi connectivity index (χ0) is 13.6. The fourth-order valence-electron chi connectivity index (χ4n) is 4.03. The van der Waals surface area contributed by atoms with Crippen LogP contribution in [0.2, 0.25) is 0 Å². The number of allylic oxidation sites excluding steroid dienone is 1. The average Bonchev–Trinajstić information content (AvgIpc) is 2.35. The number of aryl methyl sites for hydroxylation is 1. The Morgan fingerprint density at radius 3 is 2.84 bits per heavy atom. The lowest BCUT2D eigenvalue weighted by Crippen LogP contribution is -2.43. The van der Waals surface area contributed by atoms with Crippen molar-refractivity contribution in [1.82, 2.24) is 0 Å². The molecular weight excluding hydrogens is 234 g/mol. The molecule has 0 spiro atoms. The minimum absolute atomic E-state index is 0.224. The molecule has 1 saturated heterocycles. The highest BCUT2D eigenvalue weighted by Crippen LogP contribution is 2.49. The van der Waals surface area contributed by atoms with E-state index in [9.17, 15) is 0 Å². The maximum absolute atomic E-state index is 6.24. The zero-order valence-electron chi connectivity index (χ0n) is 12.3. The van der Waals surface area contributed by atoms with E-state index in [2.05, 4.69) is 63.0 Å². The molecule has 0 unspecified atom stereocenters. The molecule has 0 N–H and O–H groups in total. The average molecular weight is 258 g/mol. The van der Waals surface area contributed by atoms with Crippen LogP contribution in [-0.2, 0) is 11.8 Å². The van der Waals surface area contributed by atoms with Crippen molar-refractivity contribution >= 4 is 0 Å². The van der Waals surface area contributed by atoms with Gasteiger partial charge >= 0.3 is 0 Å². The smallest absolute Gasteiger partial charge is 0.174 e. The van der Waals surface area contributed by atoms with E-state index in [0.29, 0.717) is 23.7 Å². The molecule has 2 nitrogen and oxygen atoms in total. The lowest BCUT2D eigenvalue weighted by molar-refractivity contribution is -0.672. The van der Waals surface area contributed by atoms with Gasteiger partial charge in [-0.1, -0.05) is 25.5 Å². The lowest BCUT2D eigenvalue weighted by Gasteiger charge is -2.47. The van der Waals surface area contributed by atoms with Gasteiger partial charge in [0.1, 0.15) is 7.05 Å². The molecule has 1 aromatic heterocycles. The Labute approximate surface area is 116 Å². The Morgan fingerprint density at radius 2 is 2.11 bits per heavy atom. The summed E-state index contributed by atoms with van der Waals surface area (Å²) in [5, 5.41) is 0. The van der Waals surface area contributed by atoms with Crippen molar-refractivity contribution in [2.75, 3.05) is 6.61 Å². The molecule has 102 valence electrons. The van der Waals surface area contributed by atoms with Crippen LogP contribution in [0.25, 0.3) is 0 Å². The van der Waals surface area contributed by atoms with Crippen LogP contribution < -0.4 is 4.57 Å². The summed E-state index contributed by atoms with van der Waals surface area (Å²) >= 11 is 0. The van der Waals surface area contributed by atoms with Gasteiger partial charge in [-0.2, -0.15) is 0 Å². The van der Waals surface area contributed by atoms with E-state index < -0.39 is 0 Å². The Kier molecular flexibility index (Phi) is 3.22. The normalized spacial score (nSPS) is 37.9. The topological polar surface area (TPSA) is 13.1 Å². The van der Waals surface area contributed by atoms with Gasteiger partial charge in [0, 0.05) is 17.5 Å². The van der Waals surface area contributed by atoms with E-state index in [1.807, 2.05) is 0 Å². The van der Waals surface area contributed by atoms with E-state index >= 15 is 0 Å². The van der Waals surface area contributed by atoms with Crippen LogP contribution in [0, 0.1) is 23.7 Å². The molecule has 19 heavy (non-hydrogen) atoms. The number of ether oxygens (including phenoxy) is 1. The van der Waals surface area contributed by atoms with Crippen molar-refractivity contribution in [3.63, 3.8) is 0 Å². The summed E-state index contributed by atoms with van der Waals surface area (Å²) in [4.78, 5) is 0. The van der Waals surface area contributed by atoms with Crippen molar-refractivity contribution in [2.24, 2.45) is 30.7 Å². The number of hydrogen-bond donors (Lipinski definition) is 0. The number of aromatic nitrogens is 1. The number of fused-ring (bicyclic) bond motifs is 2. The minimum Gasteiger partial charge on any atom is -0.372 e. The third-order valence-electron chi connectivity index (χ3n) is 5.05. The molecule has 0 radical (unpaired) electrons. The largest absolute Gasteiger partial charge is 0.372 e. The first kappa shape index (κ1) is 12.9. The highest BCUT2D eigenvalue weighted by atomic mass is 16.5. The summed E-state index contributed by atoms with van der Waals surface area (Å²) in [5.41, 5.74) is 2.81. The summed E-state index contributed by atoms with van der Waals surface area (Å²) in [7, 11) is 2.07. The predicted molar refractivity (Wildman–Crippen MR) is 75.4 cm³/mol. The molecule has 5 atom stereocenters. The van der Waals surface area contributed by atoms with Crippen molar-refractivity contribution in [3.05, 3.63) is 41.7 Å². The summed E-state index contributed by atoms with van der Waals surface area (Å²) in [6.45, 7) is 7.90. The third-order valence-corrected chi connectivity index (χ3v) is 5.05. The van der Waals surface area contributed by atoms with Crippen LogP contribution in [0.3, 0.4) is 0 Å².